The summed E-state index contributed by atoms with van der Waals surface area (Å²) in [6.07, 6.45) is 0. The maximum Gasteiger partial charge on any atom is 0.265 e. The van der Waals surface area contributed by atoms with Gasteiger partial charge in [-0.05, 0) is 35.9 Å². The van der Waals surface area contributed by atoms with Crippen molar-refractivity contribution in [1.29, 1.82) is 0 Å². The molecule has 5 nitrogen and oxygen atoms in total. The molecule has 2 aromatic rings. The zero-order valence-electron chi connectivity index (χ0n) is 11.6. The second-order valence-corrected chi connectivity index (χ2v) is 5.38. The van der Waals surface area contributed by atoms with E-state index in [1.165, 1.54) is 0 Å². The van der Waals surface area contributed by atoms with E-state index in [4.69, 9.17) is 16.3 Å². The molecule has 0 saturated carbocycles. The number of nitrogens with one attached hydrogen (secondary N) is 1. The first-order valence-corrected chi connectivity index (χ1v) is 7.29. The van der Waals surface area contributed by atoms with Crippen molar-refractivity contribution in [3.8, 4) is 5.75 Å². The minimum atomic E-state index is -0.300. The Kier molecular flexibility index (Phi) is 5.08. The Hall–Kier alpha value is -2.18. The summed E-state index contributed by atoms with van der Waals surface area (Å²) in [7, 11) is 1.63. The fourth-order valence-electron chi connectivity index (χ4n) is 1.76. The number of rotatable bonds is 5. The quantitative estimate of drug-likeness (QED) is 0.259. The monoisotopic (exact) mass is 303 g/mol. The third-order valence-electron chi connectivity index (χ3n) is 2.96. The molecule has 21 heavy (non-hydrogen) atoms. The fourth-order valence-corrected chi connectivity index (χ4v) is 2.71. The van der Waals surface area contributed by atoms with Crippen molar-refractivity contribution in [2.75, 3.05) is 12.8 Å². The average molecular weight is 303 g/mol. The smallest absolute Gasteiger partial charge is 0.265 e. The van der Waals surface area contributed by atoms with Gasteiger partial charge in [-0.1, -0.05) is 12.1 Å². The summed E-state index contributed by atoms with van der Waals surface area (Å²) >= 11 is 1.62. The number of hydrogen-bond acceptors (Lipinski definition) is 5. The van der Waals surface area contributed by atoms with Crippen molar-refractivity contribution >= 4 is 23.4 Å². The molecule has 0 unspecified atom stereocenters. The third-order valence-corrected chi connectivity index (χ3v) is 4.10. The molecule has 0 aromatic heterocycles. The number of nitrogen functional groups attached to an aromatic ring is 2. The summed E-state index contributed by atoms with van der Waals surface area (Å²) in [5, 5.41) is 0. The molecule has 2 aromatic carbocycles. The fraction of sp³-hybridized carbons (Fsp3) is 0.133. The number of anilines is 1. The Bertz CT molecular complexity index is 629. The first-order chi connectivity index (χ1) is 10.1. The van der Waals surface area contributed by atoms with Gasteiger partial charge >= 0.3 is 0 Å². The van der Waals surface area contributed by atoms with Crippen LogP contribution in [-0.4, -0.2) is 13.0 Å². The molecule has 0 heterocycles. The van der Waals surface area contributed by atoms with E-state index in [9.17, 15) is 4.79 Å². The van der Waals surface area contributed by atoms with Gasteiger partial charge in [0.05, 0.1) is 7.11 Å². The lowest BCUT2D eigenvalue weighted by Crippen LogP contribution is -2.29. The molecule has 2 rings (SSSR count). The number of hydrogen-bond donors (Lipinski definition) is 3. The van der Waals surface area contributed by atoms with Crippen molar-refractivity contribution in [3.63, 3.8) is 0 Å². The highest BCUT2D eigenvalue weighted by molar-refractivity contribution is 7.98. The Balaban J connectivity index is 2.04. The Labute approximate surface area is 127 Å². The number of benzene rings is 2. The second-order valence-electron chi connectivity index (χ2n) is 4.36. The van der Waals surface area contributed by atoms with Crippen LogP contribution in [0.2, 0.25) is 0 Å². The lowest BCUT2D eigenvalue weighted by Gasteiger charge is -2.08. The zero-order chi connectivity index (χ0) is 15.2. The summed E-state index contributed by atoms with van der Waals surface area (Å²) in [6, 6.07) is 12.9. The van der Waals surface area contributed by atoms with E-state index in [0.717, 1.165) is 27.6 Å². The summed E-state index contributed by atoms with van der Waals surface area (Å²) in [5.41, 5.74) is 10.4. The molecule has 0 aliphatic rings. The highest BCUT2D eigenvalue weighted by atomic mass is 32.2. The van der Waals surface area contributed by atoms with Gasteiger partial charge in [-0.2, -0.15) is 0 Å². The molecule has 0 aliphatic heterocycles. The molecule has 0 spiro atoms. The lowest BCUT2D eigenvalue weighted by molar-refractivity contribution is 0.0953. The van der Waals surface area contributed by atoms with E-state index >= 15 is 0 Å². The van der Waals surface area contributed by atoms with Gasteiger partial charge < -0.3 is 10.5 Å². The van der Waals surface area contributed by atoms with Crippen LogP contribution in [0.4, 0.5) is 5.69 Å². The molecular formula is C15H17N3O2S. The van der Waals surface area contributed by atoms with E-state index in [-0.39, 0.29) is 5.91 Å². The molecule has 0 saturated heterocycles. The maximum atomic E-state index is 11.3. The second kappa shape index (κ2) is 7.01. The van der Waals surface area contributed by atoms with Gasteiger partial charge in [-0.15, -0.1) is 11.8 Å². The highest BCUT2D eigenvalue weighted by Gasteiger charge is 2.05. The summed E-state index contributed by atoms with van der Waals surface area (Å²) in [4.78, 5) is 12.3. The first-order valence-electron chi connectivity index (χ1n) is 6.30. The lowest BCUT2D eigenvalue weighted by atomic mass is 10.1. The minimum absolute atomic E-state index is 0.300. The van der Waals surface area contributed by atoms with Crippen molar-refractivity contribution in [2.24, 2.45) is 5.84 Å². The first kappa shape index (κ1) is 15.2. The maximum absolute atomic E-state index is 11.3. The summed E-state index contributed by atoms with van der Waals surface area (Å²) in [6.45, 7) is 0. The number of amides is 1. The Morgan fingerprint density at radius 3 is 2.57 bits per heavy atom. The van der Waals surface area contributed by atoms with Gasteiger partial charge in [0.25, 0.3) is 5.91 Å². The van der Waals surface area contributed by atoms with Crippen molar-refractivity contribution < 1.29 is 9.53 Å². The molecule has 0 fully saturated rings. The van der Waals surface area contributed by atoms with Gasteiger partial charge in [0, 0.05) is 21.9 Å². The van der Waals surface area contributed by atoms with Crippen molar-refractivity contribution in [2.45, 2.75) is 10.6 Å². The van der Waals surface area contributed by atoms with Gasteiger partial charge in [-0.3, -0.25) is 10.2 Å². The number of hydrazine groups is 1. The normalized spacial score (nSPS) is 10.2. The van der Waals surface area contributed by atoms with Crippen LogP contribution in [0.5, 0.6) is 5.75 Å². The molecule has 6 heteroatoms. The van der Waals surface area contributed by atoms with Gasteiger partial charge in [0.2, 0.25) is 0 Å². The predicted molar refractivity (Wildman–Crippen MR) is 85.1 cm³/mol. The number of nitrogens with two attached hydrogens (primary N) is 2. The van der Waals surface area contributed by atoms with E-state index in [1.807, 2.05) is 30.3 Å². The van der Waals surface area contributed by atoms with Crippen molar-refractivity contribution in [1.82, 2.24) is 5.43 Å². The number of methoxy groups -OCH3 is 1. The third kappa shape index (κ3) is 3.90. The van der Waals surface area contributed by atoms with Crippen molar-refractivity contribution in [3.05, 3.63) is 53.6 Å². The molecule has 0 bridgehead atoms. The number of carbonyl (C=O) groups is 1. The zero-order valence-corrected chi connectivity index (χ0v) is 12.4. The van der Waals surface area contributed by atoms with Crippen LogP contribution in [0, 0.1) is 0 Å². The Morgan fingerprint density at radius 2 is 1.95 bits per heavy atom. The molecule has 0 atom stereocenters. The molecule has 0 radical (unpaired) electrons. The van der Waals surface area contributed by atoms with E-state index in [2.05, 4.69) is 5.43 Å². The van der Waals surface area contributed by atoms with E-state index in [0.29, 0.717) is 5.56 Å². The molecule has 110 valence electrons. The molecule has 5 N–H and O–H groups in total. The van der Waals surface area contributed by atoms with Crippen LogP contribution >= 0.6 is 11.8 Å². The standard InChI is InChI=1S/C15H17N3O2S/c1-20-12-6-7-13(16)14(8-12)21-9-10-2-4-11(5-3-10)15(19)18-17/h2-8H,9,16-17H2,1H3,(H,18,19). The molecule has 1 amide bonds. The average Bonchev–Trinajstić information content (AvgIpc) is 2.54. The summed E-state index contributed by atoms with van der Waals surface area (Å²) < 4.78 is 5.19. The number of ether oxygens (including phenoxy) is 1. The number of thioether (sulfide) groups is 1. The molecular weight excluding hydrogens is 286 g/mol. The van der Waals surface area contributed by atoms with Gasteiger partial charge in [0.15, 0.2) is 0 Å². The molecule has 0 aliphatic carbocycles. The highest BCUT2D eigenvalue weighted by Crippen LogP contribution is 2.31. The van der Waals surface area contributed by atoms with Crippen LogP contribution in [0.25, 0.3) is 0 Å². The largest absolute Gasteiger partial charge is 0.497 e. The van der Waals surface area contributed by atoms with Crippen LogP contribution < -0.4 is 21.7 Å². The van der Waals surface area contributed by atoms with Crippen LogP contribution in [0.15, 0.2) is 47.4 Å². The topological polar surface area (TPSA) is 90.4 Å². The SMILES string of the molecule is COc1ccc(N)c(SCc2ccc(C(=O)NN)cc2)c1. The van der Waals surface area contributed by atoms with Gasteiger partial charge in [-0.25, -0.2) is 5.84 Å². The van der Waals surface area contributed by atoms with Crippen LogP contribution in [-0.2, 0) is 5.75 Å². The number of carbonyl (C=O) groups excluding carboxylic acids is 1. The van der Waals surface area contributed by atoms with E-state index in [1.54, 1.807) is 31.0 Å². The van der Waals surface area contributed by atoms with E-state index < -0.39 is 0 Å². The van der Waals surface area contributed by atoms with Gasteiger partial charge in [0.1, 0.15) is 5.75 Å². The predicted octanol–water partition coefficient (Wildman–Crippen LogP) is 2.17. The Morgan fingerprint density at radius 1 is 1.24 bits per heavy atom. The summed E-state index contributed by atoms with van der Waals surface area (Å²) in [5.74, 6) is 6.32. The van der Waals surface area contributed by atoms with Crippen LogP contribution in [0.3, 0.4) is 0 Å². The minimum Gasteiger partial charge on any atom is -0.497 e. The van der Waals surface area contributed by atoms with Crippen LogP contribution in [0.1, 0.15) is 15.9 Å².